The number of carbonyl (C=O) groups excluding carboxylic acids is 2. The van der Waals surface area contributed by atoms with E-state index in [4.69, 9.17) is 9.26 Å². The van der Waals surface area contributed by atoms with Gasteiger partial charge < -0.3 is 14.2 Å². The second-order valence-corrected chi connectivity index (χ2v) is 4.94. The molecule has 1 saturated heterocycles. The maximum absolute atomic E-state index is 12.2. The van der Waals surface area contributed by atoms with Crippen LogP contribution < -0.4 is 5.32 Å². The molecular formula is C13H19N3O4. The highest BCUT2D eigenvalue weighted by atomic mass is 16.5. The Kier molecular flexibility index (Phi) is 4.39. The molecule has 1 fully saturated rings. The lowest BCUT2D eigenvalue weighted by atomic mass is 10.1. The van der Waals surface area contributed by atoms with Crippen LogP contribution in [0.25, 0.3) is 0 Å². The van der Waals surface area contributed by atoms with Gasteiger partial charge in [-0.2, -0.15) is 0 Å². The number of amides is 2. The third-order valence-corrected chi connectivity index (χ3v) is 3.26. The molecule has 0 spiro atoms. The highest BCUT2D eigenvalue weighted by molar-refractivity contribution is 6.39. The molecule has 0 aliphatic carbocycles. The van der Waals surface area contributed by atoms with E-state index in [2.05, 4.69) is 10.5 Å². The summed E-state index contributed by atoms with van der Waals surface area (Å²) in [6.07, 6.45) is 0.679. The van der Waals surface area contributed by atoms with E-state index < -0.39 is 11.8 Å². The Morgan fingerprint density at radius 1 is 1.55 bits per heavy atom. The van der Waals surface area contributed by atoms with Crippen molar-refractivity contribution in [1.29, 1.82) is 0 Å². The van der Waals surface area contributed by atoms with Gasteiger partial charge in [-0.1, -0.05) is 12.1 Å². The van der Waals surface area contributed by atoms with Gasteiger partial charge in [0.1, 0.15) is 5.76 Å². The summed E-state index contributed by atoms with van der Waals surface area (Å²) in [5.41, 5.74) is 0. The molecular weight excluding hydrogens is 262 g/mol. The van der Waals surface area contributed by atoms with E-state index in [0.717, 1.165) is 6.42 Å². The molecule has 0 aromatic carbocycles. The van der Waals surface area contributed by atoms with Crippen molar-refractivity contribution < 1.29 is 18.8 Å². The number of nitrogens with zero attached hydrogens (tertiary/aromatic N) is 2. The van der Waals surface area contributed by atoms with Gasteiger partial charge in [0.05, 0.1) is 18.8 Å². The van der Waals surface area contributed by atoms with E-state index in [1.165, 1.54) is 0 Å². The first-order chi connectivity index (χ1) is 9.51. The minimum atomic E-state index is -0.703. The molecule has 1 aromatic heterocycles. The van der Waals surface area contributed by atoms with Gasteiger partial charge in [0, 0.05) is 12.6 Å². The van der Waals surface area contributed by atoms with Crippen LogP contribution in [0.15, 0.2) is 10.6 Å². The van der Waals surface area contributed by atoms with Crippen LogP contribution in [0, 0.1) is 6.92 Å². The van der Waals surface area contributed by atoms with E-state index >= 15 is 0 Å². The Morgan fingerprint density at radius 3 is 2.90 bits per heavy atom. The number of nitrogens with one attached hydrogen (secondary N) is 1. The van der Waals surface area contributed by atoms with E-state index in [1.807, 2.05) is 13.8 Å². The Hall–Kier alpha value is -1.89. The molecule has 110 valence electrons. The summed E-state index contributed by atoms with van der Waals surface area (Å²) in [6.45, 7) is 6.43. The Labute approximate surface area is 117 Å². The van der Waals surface area contributed by atoms with Crippen LogP contribution in [0.4, 0.5) is 5.82 Å². The van der Waals surface area contributed by atoms with Crippen molar-refractivity contribution in [2.24, 2.45) is 0 Å². The molecule has 0 bridgehead atoms. The molecule has 0 saturated carbocycles. The third-order valence-electron chi connectivity index (χ3n) is 3.26. The van der Waals surface area contributed by atoms with Gasteiger partial charge in [-0.3, -0.25) is 14.9 Å². The van der Waals surface area contributed by atoms with Crippen LogP contribution in [0.3, 0.4) is 0 Å². The number of ether oxygens (including phenoxy) is 1. The lowest BCUT2D eigenvalue weighted by Gasteiger charge is -2.37. The highest BCUT2D eigenvalue weighted by Crippen LogP contribution is 2.15. The molecule has 2 unspecified atom stereocenters. The number of carbonyl (C=O) groups is 2. The van der Waals surface area contributed by atoms with Crippen molar-refractivity contribution in [1.82, 2.24) is 10.1 Å². The van der Waals surface area contributed by atoms with Crippen molar-refractivity contribution in [3.8, 4) is 0 Å². The Morgan fingerprint density at radius 2 is 2.30 bits per heavy atom. The fraction of sp³-hybridized carbons (Fsp3) is 0.615. The monoisotopic (exact) mass is 281 g/mol. The number of morpholine rings is 1. The standard InChI is InChI=1S/C13H19N3O4/c1-4-10-7-19-9(3)6-16(10)13(18)12(17)14-11-5-8(2)20-15-11/h5,9-10H,4,6-7H2,1-3H3,(H,14,15,17). The maximum atomic E-state index is 12.2. The predicted octanol–water partition coefficient (Wildman–Crippen LogP) is 0.947. The minimum absolute atomic E-state index is 0.0659. The topological polar surface area (TPSA) is 84.7 Å². The number of aromatic nitrogens is 1. The van der Waals surface area contributed by atoms with E-state index in [1.54, 1.807) is 17.9 Å². The first-order valence-electron chi connectivity index (χ1n) is 6.68. The van der Waals surface area contributed by atoms with Gasteiger partial charge in [-0.25, -0.2) is 0 Å². The molecule has 2 rings (SSSR count). The second-order valence-electron chi connectivity index (χ2n) is 4.94. The van der Waals surface area contributed by atoms with Gasteiger partial charge in [0.15, 0.2) is 5.82 Å². The molecule has 2 amide bonds. The first kappa shape index (κ1) is 14.5. The first-order valence-corrected chi connectivity index (χ1v) is 6.68. The fourth-order valence-electron chi connectivity index (χ4n) is 2.16. The van der Waals surface area contributed by atoms with Crippen LogP contribution in [0.1, 0.15) is 26.0 Å². The normalized spacial score (nSPS) is 22.6. The molecule has 1 aromatic rings. The summed E-state index contributed by atoms with van der Waals surface area (Å²) in [4.78, 5) is 25.8. The highest BCUT2D eigenvalue weighted by Gasteiger charge is 2.33. The fourth-order valence-corrected chi connectivity index (χ4v) is 2.16. The third kappa shape index (κ3) is 3.16. The average Bonchev–Trinajstić information content (AvgIpc) is 2.83. The zero-order valence-electron chi connectivity index (χ0n) is 11.9. The summed E-state index contributed by atoms with van der Waals surface area (Å²) < 4.78 is 10.4. The van der Waals surface area contributed by atoms with Crippen LogP contribution in [0.2, 0.25) is 0 Å². The lowest BCUT2D eigenvalue weighted by molar-refractivity contribution is -0.152. The van der Waals surface area contributed by atoms with Crippen LogP contribution >= 0.6 is 0 Å². The number of aryl methyl sites for hydroxylation is 1. The van der Waals surface area contributed by atoms with Crippen molar-refractivity contribution in [2.75, 3.05) is 18.5 Å². The van der Waals surface area contributed by atoms with Crippen molar-refractivity contribution in [3.05, 3.63) is 11.8 Å². The van der Waals surface area contributed by atoms with Crippen molar-refractivity contribution in [2.45, 2.75) is 39.3 Å². The Balaban J connectivity index is 2.02. The molecule has 7 nitrogen and oxygen atoms in total. The smallest absolute Gasteiger partial charge is 0.315 e. The average molecular weight is 281 g/mol. The van der Waals surface area contributed by atoms with E-state index in [9.17, 15) is 9.59 Å². The SMILES string of the molecule is CCC1COC(C)CN1C(=O)C(=O)Nc1cc(C)on1. The molecule has 0 radical (unpaired) electrons. The zero-order valence-corrected chi connectivity index (χ0v) is 11.9. The zero-order chi connectivity index (χ0) is 14.7. The van der Waals surface area contributed by atoms with Crippen molar-refractivity contribution in [3.63, 3.8) is 0 Å². The second kappa shape index (κ2) is 6.04. The number of hydrogen-bond acceptors (Lipinski definition) is 5. The summed E-state index contributed by atoms with van der Waals surface area (Å²) >= 11 is 0. The van der Waals surface area contributed by atoms with Gasteiger partial charge >= 0.3 is 11.8 Å². The van der Waals surface area contributed by atoms with Gasteiger partial charge in [-0.15, -0.1) is 0 Å². The Bertz CT molecular complexity index is 500. The van der Waals surface area contributed by atoms with Gasteiger partial charge in [0.2, 0.25) is 0 Å². The molecule has 1 aliphatic rings. The summed E-state index contributed by atoms with van der Waals surface area (Å²) in [5, 5.41) is 6.08. The van der Waals surface area contributed by atoms with Gasteiger partial charge in [0.25, 0.3) is 0 Å². The number of anilines is 1. The predicted molar refractivity (Wildman–Crippen MR) is 71.1 cm³/mol. The van der Waals surface area contributed by atoms with E-state index in [0.29, 0.717) is 18.9 Å². The summed E-state index contributed by atoms with van der Waals surface area (Å²) in [7, 11) is 0. The number of rotatable bonds is 2. The number of hydrogen-bond donors (Lipinski definition) is 1. The lowest BCUT2D eigenvalue weighted by Crippen LogP contribution is -2.54. The largest absolute Gasteiger partial charge is 0.375 e. The molecule has 1 aliphatic heterocycles. The summed E-state index contributed by atoms with van der Waals surface area (Å²) in [5.74, 6) is -0.451. The quantitative estimate of drug-likeness (QED) is 0.816. The summed E-state index contributed by atoms with van der Waals surface area (Å²) in [6, 6.07) is 1.49. The molecule has 1 N–H and O–H groups in total. The van der Waals surface area contributed by atoms with Gasteiger partial charge in [-0.05, 0) is 20.3 Å². The van der Waals surface area contributed by atoms with Crippen LogP contribution in [-0.2, 0) is 14.3 Å². The van der Waals surface area contributed by atoms with Crippen LogP contribution in [-0.4, -0.2) is 47.2 Å². The molecule has 2 heterocycles. The molecule has 20 heavy (non-hydrogen) atoms. The maximum Gasteiger partial charge on any atom is 0.315 e. The van der Waals surface area contributed by atoms with Crippen LogP contribution in [0.5, 0.6) is 0 Å². The minimum Gasteiger partial charge on any atom is -0.375 e. The van der Waals surface area contributed by atoms with Crippen molar-refractivity contribution >= 4 is 17.6 Å². The molecule has 2 atom stereocenters. The van der Waals surface area contributed by atoms with E-state index in [-0.39, 0.29) is 18.0 Å². The molecule has 7 heteroatoms.